The zero-order chi connectivity index (χ0) is 9.68. The van der Waals surface area contributed by atoms with Gasteiger partial charge in [0.05, 0.1) is 12.7 Å². The Hall–Kier alpha value is -1.71. The molecule has 13 heavy (non-hydrogen) atoms. The van der Waals surface area contributed by atoms with Gasteiger partial charge < -0.3 is 4.74 Å². The summed E-state index contributed by atoms with van der Waals surface area (Å²) in [5, 5.41) is 3.48. The van der Waals surface area contributed by atoms with E-state index in [1.54, 1.807) is 18.2 Å². The number of hydrogen-bond acceptors (Lipinski definition) is 3. The van der Waals surface area contributed by atoms with Crippen LogP contribution in [0.5, 0.6) is 0 Å². The summed E-state index contributed by atoms with van der Waals surface area (Å²) < 4.78 is 4.57. The summed E-state index contributed by atoms with van der Waals surface area (Å²) in [5.74, 6) is -0.348. The van der Waals surface area contributed by atoms with Gasteiger partial charge in [0, 0.05) is 0 Å². The molecule has 0 aliphatic carbocycles. The van der Waals surface area contributed by atoms with Crippen molar-refractivity contribution in [2.24, 2.45) is 5.11 Å². The Morgan fingerprint density at radius 1 is 1.62 bits per heavy atom. The Balaban J connectivity index is 2.90. The van der Waals surface area contributed by atoms with Gasteiger partial charge in [-0.3, -0.25) is 0 Å². The second kappa shape index (κ2) is 4.35. The van der Waals surface area contributed by atoms with Crippen molar-refractivity contribution in [2.75, 3.05) is 7.11 Å². The molecule has 4 nitrogen and oxygen atoms in total. The van der Waals surface area contributed by atoms with Gasteiger partial charge in [0.15, 0.2) is 0 Å². The van der Waals surface area contributed by atoms with Crippen LogP contribution in [0.4, 0.5) is 0 Å². The van der Waals surface area contributed by atoms with E-state index < -0.39 is 0 Å². The van der Waals surface area contributed by atoms with E-state index in [4.69, 9.17) is 5.53 Å². The molecule has 0 spiro atoms. The van der Waals surface area contributed by atoms with Gasteiger partial charge in [0.1, 0.15) is 6.54 Å². The quantitative estimate of drug-likeness (QED) is 0.531. The molecule has 0 unspecified atom stereocenters. The van der Waals surface area contributed by atoms with Crippen molar-refractivity contribution in [3.63, 3.8) is 0 Å². The molecule has 0 aliphatic rings. The highest BCUT2D eigenvalue weighted by molar-refractivity contribution is 5.89. The Labute approximate surface area is 76.0 Å². The van der Waals surface area contributed by atoms with Crippen LogP contribution in [0.15, 0.2) is 29.4 Å². The summed E-state index contributed by atoms with van der Waals surface area (Å²) in [6, 6.07) is 7.02. The maximum atomic E-state index is 11.1. The number of carbonyl (C=O) groups is 1. The van der Waals surface area contributed by atoms with E-state index >= 15 is 0 Å². The fourth-order valence-corrected chi connectivity index (χ4v) is 1.02. The van der Waals surface area contributed by atoms with Gasteiger partial charge in [-0.25, -0.2) is 4.79 Å². The van der Waals surface area contributed by atoms with Gasteiger partial charge in [-0.2, -0.15) is 5.53 Å². The van der Waals surface area contributed by atoms with Crippen LogP contribution in [0.3, 0.4) is 0 Å². The second-order valence-corrected chi connectivity index (χ2v) is 2.53. The first-order valence-corrected chi connectivity index (χ1v) is 3.82. The molecule has 1 aromatic rings. The smallest absolute Gasteiger partial charge is 0.337 e. The Kier molecular flexibility index (Phi) is 3.14. The fourth-order valence-electron chi connectivity index (χ4n) is 1.02. The molecule has 0 aliphatic heterocycles. The van der Waals surface area contributed by atoms with Gasteiger partial charge in [-0.1, -0.05) is 12.1 Å². The lowest BCUT2D eigenvalue weighted by molar-refractivity contribution is -0.223. The van der Waals surface area contributed by atoms with E-state index in [0.717, 1.165) is 5.56 Å². The maximum Gasteiger partial charge on any atom is 0.337 e. The minimum absolute atomic E-state index is 0.348. The number of nitrogens with zero attached hydrogens (tertiary/aromatic N) is 1. The molecule has 4 heteroatoms. The number of esters is 1. The molecule has 1 aromatic carbocycles. The number of nitrogens with two attached hydrogens (primary N) is 1. The third-order valence-corrected chi connectivity index (χ3v) is 1.62. The number of carbonyl (C=O) groups excluding carboxylic acids is 1. The summed E-state index contributed by atoms with van der Waals surface area (Å²) in [7, 11) is 1.35. The lowest BCUT2D eigenvalue weighted by Crippen LogP contribution is -2.23. The SMILES string of the molecule is COC(=O)c1cccc(CN=[NH2+])c1. The molecule has 0 fully saturated rings. The van der Waals surface area contributed by atoms with Gasteiger partial charge in [0.25, 0.3) is 0 Å². The largest absolute Gasteiger partial charge is 0.465 e. The third kappa shape index (κ3) is 2.37. The van der Waals surface area contributed by atoms with Crippen LogP contribution in [0.2, 0.25) is 0 Å². The molecule has 0 amide bonds. The van der Waals surface area contributed by atoms with Gasteiger partial charge in [-0.15, -0.1) is 0 Å². The van der Waals surface area contributed by atoms with Crippen LogP contribution in [-0.2, 0) is 11.3 Å². The first kappa shape index (κ1) is 9.38. The average molecular weight is 179 g/mol. The highest BCUT2D eigenvalue weighted by Gasteiger charge is 2.04. The highest BCUT2D eigenvalue weighted by atomic mass is 16.5. The second-order valence-electron chi connectivity index (χ2n) is 2.53. The van der Waals surface area contributed by atoms with E-state index in [0.29, 0.717) is 12.1 Å². The summed E-state index contributed by atoms with van der Waals surface area (Å²) >= 11 is 0. The number of ether oxygens (including phenoxy) is 1. The molecule has 0 saturated carbocycles. The van der Waals surface area contributed by atoms with E-state index in [-0.39, 0.29) is 5.97 Å². The summed E-state index contributed by atoms with van der Waals surface area (Å²) in [6.07, 6.45) is 0. The lowest BCUT2D eigenvalue weighted by atomic mass is 10.1. The standard InChI is InChI=1S/C9H10N2O2/c1-13-9(12)8-4-2-3-7(5-8)6-11-10/h2-5,10H,6H2,1H3/p+1. The molecular formula is C9H11N2O2+. The van der Waals surface area contributed by atoms with E-state index in [2.05, 4.69) is 9.85 Å². The fraction of sp³-hybridized carbons (Fsp3) is 0.222. The summed E-state index contributed by atoms with van der Waals surface area (Å²) in [4.78, 5) is 11.1. The first-order valence-electron chi connectivity index (χ1n) is 3.82. The summed E-state index contributed by atoms with van der Waals surface area (Å²) in [5.41, 5.74) is 6.44. The minimum atomic E-state index is -0.348. The van der Waals surface area contributed by atoms with Crippen molar-refractivity contribution in [1.29, 1.82) is 0 Å². The van der Waals surface area contributed by atoms with Crippen LogP contribution < -0.4 is 5.53 Å². The van der Waals surface area contributed by atoms with Gasteiger partial charge in [0.2, 0.25) is 0 Å². The van der Waals surface area contributed by atoms with Gasteiger partial charge in [-0.05, 0) is 22.8 Å². The van der Waals surface area contributed by atoms with Gasteiger partial charge >= 0.3 is 5.97 Å². The van der Waals surface area contributed by atoms with Crippen molar-refractivity contribution in [1.82, 2.24) is 0 Å². The van der Waals surface area contributed by atoms with Crippen molar-refractivity contribution in [2.45, 2.75) is 6.54 Å². The normalized spacial score (nSPS) is 9.31. The average Bonchev–Trinajstić information content (AvgIpc) is 2.18. The predicted molar refractivity (Wildman–Crippen MR) is 45.8 cm³/mol. The van der Waals surface area contributed by atoms with Crippen molar-refractivity contribution in [3.05, 3.63) is 35.4 Å². The van der Waals surface area contributed by atoms with Crippen molar-refractivity contribution >= 4 is 5.97 Å². The highest BCUT2D eigenvalue weighted by Crippen LogP contribution is 2.06. The Morgan fingerprint density at radius 3 is 3.00 bits per heavy atom. The molecule has 1 rings (SSSR count). The Morgan fingerprint density at radius 2 is 2.38 bits per heavy atom. The Bertz CT molecular complexity index is 323. The monoisotopic (exact) mass is 179 g/mol. The zero-order valence-electron chi connectivity index (χ0n) is 7.36. The minimum Gasteiger partial charge on any atom is -0.465 e. The van der Waals surface area contributed by atoms with Crippen molar-refractivity contribution < 1.29 is 15.1 Å². The maximum absolute atomic E-state index is 11.1. The van der Waals surface area contributed by atoms with Crippen LogP contribution in [0.25, 0.3) is 0 Å². The third-order valence-electron chi connectivity index (χ3n) is 1.62. The molecule has 0 bridgehead atoms. The molecule has 68 valence electrons. The lowest BCUT2D eigenvalue weighted by Gasteiger charge is -1.99. The predicted octanol–water partition coefficient (Wildman–Crippen LogP) is 0.184. The van der Waals surface area contributed by atoms with Crippen LogP contribution >= 0.6 is 0 Å². The molecule has 0 heterocycles. The topological polar surface area (TPSA) is 64.2 Å². The van der Waals surface area contributed by atoms with Crippen LogP contribution in [-0.4, -0.2) is 13.1 Å². The summed E-state index contributed by atoms with van der Waals surface area (Å²) in [6.45, 7) is 0.408. The molecule has 0 atom stereocenters. The number of methoxy groups -OCH3 is 1. The van der Waals surface area contributed by atoms with E-state index in [1.807, 2.05) is 6.07 Å². The zero-order valence-corrected chi connectivity index (χ0v) is 7.36. The number of benzene rings is 1. The van der Waals surface area contributed by atoms with Crippen molar-refractivity contribution in [3.8, 4) is 0 Å². The van der Waals surface area contributed by atoms with Crippen LogP contribution in [0.1, 0.15) is 15.9 Å². The molecule has 2 N–H and O–H groups in total. The molecule has 0 aromatic heterocycles. The molecular weight excluding hydrogens is 168 g/mol. The van der Waals surface area contributed by atoms with Crippen LogP contribution in [0, 0.1) is 0 Å². The molecule has 0 radical (unpaired) electrons. The van der Waals surface area contributed by atoms with E-state index in [1.165, 1.54) is 7.11 Å². The number of hydrogen-bond donors (Lipinski definition) is 1. The first-order chi connectivity index (χ1) is 6.27. The number of rotatable bonds is 3. The van der Waals surface area contributed by atoms with E-state index in [9.17, 15) is 4.79 Å². The molecule has 0 saturated heterocycles.